The van der Waals surface area contributed by atoms with Crippen LogP contribution in [0, 0.1) is 0 Å². The van der Waals surface area contributed by atoms with Crippen molar-refractivity contribution in [1.29, 1.82) is 0 Å². The highest BCUT2D eigenvalue weighted by atomic mass is 35.5. The molecule has 1 amide bonds. The number of carbonyl (C=O) groups excluding carboxylic acids is 1. The van der Waals surface area contributed by atoms with Gasteiger partial charge in [-0.3, -0.25) is 4.79 Å². The smallest absolute Gasteiger partial charge is 0.243 e. The number of benzene rings is 2. The van der Waals surface area contributed by atoms with Crippen molar-refractivity contribution in [2.45, 2.75) is 4.90 Å². The van der Waals surface area contributed by atoms with Crippen LogP contribution in [0.1, 0.15) is 0 Å². The Morgan fingerprint density at radius 2 is 1.76 bits per heavy atom. The summed E-state index contributed by atoms with van der Waals surface area (Å²) in [6.45, 7) is 2.30. The van der Waals surface area contributed by atoms with E-state index in [-0.39, 0.29) is 22.4 Å². The van der Waals surface area contributed by atoms with E-state index in [4.69, 9.17) is 16.3 Å². The molecule has 0 aliphatic carbocycles. The molecular weight excluding hydrogens is 414 g/mol. The third-order valence-corrected chi connectivity index (χ3v) is 7.04. The average molecular weight is 438 g/mol. The summed E-state index contributed by atoms with van der Waals surface area (Å²) in [5, 5.41) is 0.199. The number of likely N-dealkylation sites (N-methyl/N-ethyl adjacent to an activating group) is 1. The van der Waals surface area contributed by atoms with Crippen LogP contribution in [0.3, 0.4) is 0 Å². The Morgan fingerprint density at radius 1 is 1.10 bits per heavy atom. The van der Waals surface area contributed by atoms with Crippen molar-refractivity contribution in [2.75, 3.05) is 51.8 Å². The van der Waals surface area contributed by atoms with Gasteiger partial charge >= 0.3 is 0 Å². The van der Waals surface area contributed by atoms with E-state index in [1.807, 2.05) is 30.3 Å². The number of rotatable bonds is 6. The van der Waals surface area contributed by atoms with Gasteiger partial charge in [-0.1, -0.05) is 29.8 Å². The molecule has 2 aromatic carbocycles. The van der Waals surface area contributed by atoms with Crippen LogP contribution in [0.25, 0.3) is 0 Å². The second kappa shape index (κ2) is 9.02. The van der Waals surface area contributed by atoms with Gasteiger partial charge in [0.2, 0.25) is 15.9 Å². The fourth-order valence-corrected chi connectivity index (χ4v) is 4.69. The number of ether oxygens (including phenoxy) is 1. The lowest BCUT2D eigenvalue weighted by Crippen LogP contribution is -2.51. The van der Waals surface area contributed by atoms with Gasteiger partial charge in [0, 0.05) is 38.9 Å². The van der Waals surface area contributed by atoms with Crippen molar-refractivity contribution in [3.8, 4) is 5.75 Å². The van der Waals surface area contributed by atoms with E-state index >= 15 is 0 Å². The average Bonchev–Trinajstić information content (AvgIpc) is 2.74. The fraction of sp³-hybridized carbons (Fsp3) is 0.350. The predicted octanol–water partition coefficient (Wildman–Crippen LogP) is 2.32. The largest absolute Gasteiger partial charge is 0.495 e. The van der Waals surface area contributed by atoms with E-state index in [1.54, 1.807) is 4.90 Å². The number of para-hydroxylation sites is 1. The first-order valence-electron chi connectivity index (χ1n) is 9.20. The van der Waals surface area contributed by atoms with Crippen LogP contribution < -0.4 is 9.64 Å². The number of sulfonamides is 1. The lowest BCUT2D eigenvalue weighted by atomic mass is 10.2. The number of halogens is 1. The number of hydrogen-bond donors (Lipinski definition) is 0. The van der Waals surface area contributed by atoms with Gasteiger partial charge in [-0.05, 0) is 30.3 Å². The minimum absolute atomic E-state index is 0.0208. The summed E-state index contributed by atoms with van der Waals surface area (Å²) in [5.41, 5.74) is 1.12. The van der Waals surface area contributed by atoms with Crippen LogP contribution in [0.2, 0.25) is 5.02 Å². The number of carbonyl (C=O) groups is 1. The Kier molecular flexibility index (Phi) is 6.66. The zero-order chi connectivity index (χ0) is 21.0. The summed E-state index contributed by atoms with van der Waals surface area (Å²) in [4.78, 5) is 16.6. The second-order valence-electron chi connectivity index (χ2n) is 6.76. The molecule has 0 saturated carbocycles. The number of anilines is 1. The normalized spacial score (nSPS) is 14.9. The van der Waals surface area contributed by atoms with Gasteiger partial charge in [-0.15, -0.1) is 0 Å². The van der Waals surface area contributed by atoms with E-state index in [2.05, 4.69) is 4.90 Å². The maximum atomic E-state index is 12.8. The van der Waals surface area contributed by atoms with Gasteiger partial charge in [-0.2, -0.15) is 4.31 Å². The van der Waals surface area contributed by atoms with Crippen LogP contribution in [-0.4, -0.2) is 70.4 Å². The van der Waals surface area contributed by atoms with Gasteiger partial charge < -0.3 is 14.5 Å². The van der Waals surface area contributed by atoms with Crippen LogP contribution in [0.15, 0.2) is 53.4 Å². The van der Waals surface area contributed by atoms with Crippen molar-refractivity contribution in [2.24, 2.45) is 0 Å². The Morgan fingerprint density at radius 3 is 2.34 bits per heavy atom. The summed E-state index contributed by atoms with van der Waals surface area (Å²) in [6, 6.07) is 14.3. The molecule has 1 heterocycles. The van der Waals surface area contributed by atoms with Gasteiger partial charge in [-0.25, -0.2) is 8.42 Å². The zero-order valence-corrected chi connectivity index (χ0v) is 18.0. The van der Waals surface area contributed by atoms with Crippen LogP contribution in [-0.2, 0) is 14.8 Å². The minimum atomic E-state index is -3.84. The summed E-state index contributed by atoms with van der Waals surface area (Å²) < 4.78 is 31.7. The molecule has 2 aromatic rings. The highest BCUT2D eigenvalue weighted by molar-refractivity contribution is 7.89. The fourth-order valence-electron chi connectivity index (χ4n) is 3.22. The van der Waals surface area contributed by atoms with Gasteiger partial charge in [0.25, 0.3) is 0 Å². The van der Waals surface area contributed by atoms with E-state index in [0.717, 1.165) is 9.99 Å². The molecule has 1 saturated heterocycles. The molecule has 3 rings (SSSR count). The molecule has 1 fully saturated rings. The maximum absolute atomic E-state index is 12.8. The molecule has 1 aliphatic rings. The first-order valence-corrected chi connectivity index (χ1v) is 11.0. The maximum Gasteiger partial charge on any atom is 0.243 e. The van der Waals surface area contributed by atoms with Crippen LogP contribution in [0.4, 0.5) is 5.69 Å². The lowest BCUT2D eigenvalue weighted by molar-refractivity contribution is -0.131. The highest BCUT2D eigenvalue weighted by Gasteiger charge is 2.27. The molecule has 0 bridgehead atoms. The first-order chi connectivity index (χ1) is 13.8. The number of hydrogen-bond acceptors (Lipinski definition) is 5. The predicted molar refractivity (Wildman–Crippen MR) is 113 cm³/mol. The quantitative estimate of drug-likeness (QED) is 0.693. The van der Waals surface area contributed by atoms with E-state index in [0.29, 0.717) is 31.9 Å². The summed E-state index contributed by atoms with van der Waals surface area (Å²) in [6.07, 6.45) is 0. The standard InChI is InChI=1S/C20H24ClN3O4S/c1-22(29(26,27)17-8-9-19(28-2)18(21)14-17)15-20(25)24-12-10-23(11-13-24)16-6-4-3-5-7-16/h3-9,14H,10-13,15H2,1-2H3. The van der Waals surface area contributed by atoms with Gasteiger partial charge in [0.05, 0.1) is 23.6 Å². The SMILES string of the molecule is COc1ccc(S(=O)(=O)N(C)CC(=O)N2CCN(c3ccccc3)CC2)cc1Cl. The van der Waals surface area contributed by atoms with Crippen molar-refractivity contribution in [1.82, 2.24) is 9.21 Å². The Balaban J connectivity index is 1.61. The number of piperazine rings is 1. The van der Waals surface area contributed by atoms with Crippen molar-refractivity contribution < 1.29 is 17.9 Å². The molecule has 1 aliphatic heterocycles. The van der Waals surface area contributed by atoms with Gasteiger partial charge in [0.15, 0.2) is 0 Å². The third-order valence-electron chi connectivity index (χ3n) is 4.94. The molecule has 0 unspecified atom stereocenters. The molecular formula is C20H24ClN3O4S. The Labute approximate surface area is 176 Å². The topological polar surface area (TPSA) is 70.2 Å². The second-order valence-corrected chi connectivity index (χ2v) is 9.21. The summed E-state index contributed by atoms with van der Waals surface area (Å²) >= 11 is 6.04. The van der Waals surface area contributed by atoms with Crippen molar-refractivity contribution in [3.05, 3.63) is 53.6 Å². The summed E-state index contributed by atoms with van der Waals surface area (Å²) in [5.74, 6) is 0.170. The zero-order valence-electron chi connectivity index (χ0n) is 16.4. The molecule has 7 nitrogen and oxygen atoms in total. The number of nitrogens with zero attached hydrogens (tertiary/aromatic N) is 3. The first kappa shape index (κ1) is 21.4. The molecule has 0 N–H and O–H groups in total. The Bertz CT molecular complexity index is 961. The molecule has 156 valence electrons. The van der Waals surface area contributed by atoms with E-state index in [1.165, 1.54) is 32.4 Å². The Hall–Kier alpha value is -2.29. The number of methoxy groups -OCH3 is 1. The molecule has 0 aromatic heterocycles. The monoisotopic (exact) mass is 437 g/mol. The number of amides is 1. The highest BCUT2D eigenvalue weighted by Crippen LogP contribution is 2.28. The molecule has 29 heavy (non-hydrogen) atoms. The van der Waals surface area contributed by atoms with E-state index < -0.39 is 10.0 Å². The summed E-state index contributed by atoms with van der Waals surface area (Å²) in [7, 11) is -0.988. The molecule has 9 heteroatoms. The van der Waals surface area contributed by atoms with Crippen molar-refractivity contribution in [3.63, 3.8) is 0 Å². The van der Waals surface area contributed by atoms with Gasteiger partial charge in [0.1, 0.15) is 5.75 Å². The molecule has 0 atom stereocenters. The third kappa shape index (κ3) is 4.83. The molecule has 0 spiro atoms. The van der Waals surface area contributed by atoms with E-state index in [9.17, 15) is 13.2 Å². The minimum Gasteiger partial charge on any atom is -0.495 e. The van der Waals surface area contributed by atoms with Crippen LogP contribution >= 0.6 is 11.6 Å². The van der Waals surface area contributed by atoms with Crippen molar-refractivity contribution >= 4 is 33.2 Å². The van der Waals surface area contributed by atoms with Crippen LogP contribution in [0.5, 0.6) is 5.75 Å². The molecule has 0 radical (unpaired) electrons. The lowest BCUT2D eigenvalue weighted by Gasteiger charge is -2.36.